The average molecular weight is 339 g/mol. The minimum absolute atomic E-state index is 0.408. The maximum atomic E-state index is 13.8. The van der Waals surface area contributed by atoms with Crippen molar-refractivity contribution >= 4 is 23.8 Å². The Morgan fingerprint density at radius 1 is 1.41 bits per heavy atom. The van der Waals surface area contributed by atoms with Gasteiger partial charge in [-0.15, -0.1) is 0 Å². The smallest absolute Gasteiger partial charge is 0.194 e. The van der Waals surface area contributed by atoms with Crippen LogP contribution in [-0.4, -0.2) is 25.9 Å². The lowest BCUT2D eigenvalue weighted by atomic mass is 9.62. The van der Waals surface area contributed by atoms with Crippen molar-refractivity contribution in [2.75, 3.05) is 0 Å². The number of aromatic amines is 1. The topological polar surface area (TPSA) is 46.5 Å². The fourth-order valence-corrected chi connectivity index (χ4v) is 3.75. The van der Waals surface area contributed by atoms with Gasteiger partial charge in [-0.25, -0.2) is 9.37 Å². The molecule has 2 heterocycles. The third kappa shape index (κ3) is 2.12. The number of aromatic nitrogens is 4. The van der Waals surface area contributed by atoms with Gasteiger partial charge in [0.2, 0.25) is 0 Å². The second kappa shape index (κ2) is 4.86. The van der Waals surface area contributed by atoms with E-state index in [9.17, 15) is 4.39 Å². The maximum absolute atomic E-state index is 13.8. The van der Waals surface area contributed by atoms with Crippen LogP contribution in [0, 0.1) is 4.77 Å². The molecular formula is C15H16ClFN4S. The Hall–Kier alpha value is -1.27. The average Bonchev–Trinajstić information content (AvgIpc) is 3.23. The van der Waals surface area contributed by atoms with Crippen molar-refractivity contribution in [2.45, 2.75) is 43.2 Å². The first-order valence-corrected chi connectivity index (χ1v) is 8.22. The molecule has 0 aliphatic heterocycles. The number of hydrogen-bond donors (Lipinski definition) is 1. The number of halogens is 2. The van der Waals surface area contributed by atoms with Crippen LogP contribution in [0.25, 0.3) is 0 Å². The van der Waals surface area contributed by atoms with E-state index in [0.29, 0.717) is 28.7 Å². The van der Waals surface area contributed by atoms with Crippen LogP contribution < -0.4 is 0 Å². The van der Waals surface area contributed by atoms with Crippen molar-refractivity contribution < 1.29 is 4.39 Å². The monoisotopic (exact) mass is 338 g/mol. The summed E-state index contributed by atoms with van der Waals surface area (Å²) in [4.78, 5) is 4.42. The van der Waals surface area contributed by atoms with Crippen molar-refractivity contribution in [3.63, 3.8) is 0 Å². The number of rotatable bonds is 3. The Morgan fingerprint density at radius 3 is 2.68 bits per heavy atom. The van der Waals surface area contributed by atoms with Gasteiger partial charge in [-0.2, -0.15) is 5.10 Å². The van der Waals surface area contributed by atoms with Crippen LogP contribution in [0.5, 0.6) is 0 Å². The second-order valence-corrected chi connectivity index (χ2v) is 7.15. The Bertz CT molecular complexity index is 789. The zero-order chi connectivity index (χ0) is 15.5. The standard InChI is InChI=1S/C15H16ClFN4S/c1-21-13(19-20-14(21)22)15(6-10(17)7-15)9-4-11(8-2-3-8)18-12(16)5-9/h4-5,8,10H,2-3,6-7H2,1H3,(H,20,22). The molecule has 2 aromatic rings. The Labute approximate surface area is 137 Å². The van der Waals surface area contributed by atoms with Crippen LogP contribution in [0.4, 0.5) is 4.39 Å². The van der Waals surface area contributed by atoms with Crippen LogP contribution in [0.15, 0.2) is 12.1 Å². The quantitative estimate of drug-likeness (QED) is 0.683. The minimum Gasteiger partial charge on any atom is -0.307 e. The molecule has 0 saturated heterocycles. The highest BCUT2D eigenvalue weighted by atomic mass is 35.5. The van der Waals surface area contributed by atoms with E-state index in [0.717, 1.165) is 29.9 Å². The molecule has 0 atom stereocenters. The normalized spacial score (nSPS) is 27.7. The van der Waals surface area contributed by atoms with E-state index < -0.39 is 11.6 Å². The first kappa shape index (κ1) is 14.3. The molecule has 0 unspecified atom stereocenters. The third-order valence-corrected chi connectivity index (χ3v) is 5.37. The maximum Gasteiger partial charge on any atom is 0.194 e. The predicted octanol–water partition coefficient (Wildman–Crippen LogP) is 3.82. The molecule has 0 aromatic carbocycles. The van der Waals surface area contributed by atoms with E-state index in [1.54, 1.807) is 0 Å². The summed E-state index contributed by atoms with van der Waals surface area (Å²) in [6, 6.07) is 3.92. The number of pyridine rings is 1. The molecular weight excluding hydrogens is 323 g/mol. The number of nitrogens with zero attached hydrogens (tertiary/aromatic N) is 3. The van der Waals surface area contributed by atoms with Crippen molar-refractivity contribution in [3.05, 3.63) is 39.1 Å². The molecule has 2 aliphatic rings. The summed E-state index contributed by atoms with van der Waals surface area (Å²) in [5.41, 5.74) is 1.55. The summed E-state index contributed by atoms with van der Waals surface area (Å²) in [5.74, 6) is 1.27. The summed E-state index contributed by atoms with van der Waals surface area (Å²) in [6.07, 6.45) is 2.30. The highest BCUT2D eigenvalue weighted by Crippen LogP contribution is 2.51. The lowest BCUT2D eigenvalue weighted by molar-refractivity contribution is 0.114. The molecule has 116 valence electrons. The van der Waals surface area contributed by atoms with Crippen LogP contribution in [0.2, 0.25) is 5.15 Å². The van der Waals surface area contributed by atoms with Gasteiger partial charge in [0.1, 0.15) is 17.1 Å². The SMILES string of the molecule is Cn1c(C2(c3cc(Cl)nc(C4CC4)c3)CC(F)C2)n[nH]c1=S. The molecule has 2 aromatic heterocycles. The van der Waals surface area contributed by atoms with Crippen LogP contribution in [0.3, 0.4) is 0 Å². The van der Waals surface area contributed by atoms with Crippen molar-refractivity contribution in [2.24, 2.45) is 7.05 Å². The van der Waals surface area contributed by atoms with Gasteiger partial charge in [-0.1, -0.05) is 11.6 Å². The highest BCUT2D eigenvalue weighted by molar-refractivity contribution is 7.71. The van der Waals surface area contributed by atoms with Gasteiger partial charge in [0.15, 0.2) is 4.77 Å². The molecule has 0 amide bonds. The highest BCUT2D eigenvalue weighted by Gasteiger charge is 2.51. The van der Waals surface area contributed by atoms with Crippen molar-refractivity contribution in [1.82, 2.24) is 19.7 Å². The van der Waals surface area contributed by atoms with Gasteiger partial charge in [-0.3, -0.25) is 5.10 Å². The Kier molecular flexibility index (Phi) is 3.17. The van der Waals surface area contributed by atoms with Crippen LogP contribution in [0.1, 0.15) is 48.7 Å². The first-order valence-electron chi connectivity index (χ1n) is 7.43. The van der Waals surface area contributed by atoms with E-state index in [-0.39, 0.29) is 0 Å². The van der Waals surface area contributed by atoms with Gasteiger partial charge < -0.3 is 4.57 Å². The molecule has 0 bridgehead atoms. The fourth-order valence-electron chi connectivity index (χ4n) is 3.40. The molecule has 2 fully saturated rings. The zero-order valence-corrected chi connectivity index (χ0v) is 13.7. The van der Waals surface area contributed by atoms with E-state index >= 15 is 0 Å². The van der Waals surface area contributed by atoms with E-state index in [2.05, 4.69) is 21.2 Å². The van der Waals surface area contributed by atoms with E-state index in [4.69, 9.17) is 23.8 Å². The molecule has 1 N–H and O–H groups in total. The molecule has 0 radical (unpaired) electrons. The number of alkyl halides is 1. The fraction of sp³-hybridized carbons (Fsp3) is 0.533. The molecule has 4 nitrogen and oxygen atoms in total. The summed E-state index contributed by atoms with van der Waals surface area (Å²) >= 11 is 11.4. The van der Waals surface area contributed by atoms with Crippen LogP contribution >= 0.6 is 23.8 Å². The first-order chi connectivity index (χ1) is 10.5. The van der Waals surface area contributed by atoms with Crippen molar-refractivity contribution in [1.29, 1.82) is 0 Å². The molecule has 2 saturated carbocycles. The van der Waals surface area contributed by atoms with Gasteiger partial charge >= 0.3 is 0 Å². The van der Waals surface area contributed by atoms with E-state index in [1.165, 1.54) is 0 Å². The predicted molar refractivity (Wildman–Crippen MR) is 84.5 cm³/mol. The Balaban J connectivity index is 1.86. The number of H-pyrrole nitrogens is 1. The molecule has 2 aliphatic carbocycles. The lowest BCUT2D eigenvalue weighted by Gasteiger charge is -2.43. The summed E-state index contributed by atoms with van der Waals surface area (Å²) in [5, 5.41) is 7.63. The third-order valence-electron chi connectivity index (χ3n) is 4.81. The zero-order valence-electron chi connectivity index (χ0n) is 12.1. The molecule has 22 heavy (non-hydrogen) atoms. The van der Waals surface area contributed by atoms with Crippen molar-refractivity contribution in [3.8, 4) is 0 Å². The second-order valence-electron chi connectivity index (χ2n) is 6.38. The Morgan fingerprint density at radius 2 is 2.14 bits per heavy atom. The minimum atomic E-state index is -0.818. The number of nitrogens with one attached hydrogen (secondary N) is 1. The number of hydrogen-bond acceptors (Lipinski definition) is 3. The largest absolute Gasteiger partial charge is 0.307 e. The van der Waals surface area contributed by atoms with Gasteiger partial charge in [0, 0.05) is 18.7 Å². The van der Waals surface area contributed by atoms with Gasteiger partial charge in [-0.05, 0) is 55.6 Å². The van der Waals surface area contributed by atoms with Gasteiger partial charge in [0.05, 0.1) is 5.41 Å². The molecule has 4 rings (SSSR count). The lowest BCUT2D eigenvalue weighted by Crippen LogP contribution is -2.45. The van der Waals surface area contributed by atoms with Gasteiger partial charge in [0.25, 0.3) is 0 Å². The summed E-state index contributed by atoms with van der Waals surface area (Å²) in [7, 11) is 1.86. The molecule has 0 spiro atoms. The van der Waals surface area contributed by atoms with E-state index in [1.807, 2.05) is 17.7 Å². The molecule has 7 heteroatoms. The summed E-state index contributed by atoms with van der Waals surface area (Å²) in [6.45, 7) is 0. The van der Waals surface area contributed by atoms with Crippen LogP contribution in [-0.2, 0) is 12.5 Å². The summed E-state index contributed by atoms with van der Waals surface area (Å²) < 4.78 is 16.1.